The van der Waals surface area contributed by atoms with E-state index in [2.05, 4.69) is 39.9 Å². The first kappa shape index (κ1) is 36.2. The molecular formula is C26H28BClF6N12O2. The molecule has 0 saturated carbocycles. The standard InChI is InChI=1S/C13H13F3N6.C9H11BF3N3O2.C4H4ClN3/c14-13(15,16)9-2-4-22(7-9)12-19-5-8(6-20-12)11-18-3-1-10(17)21-11;11-9(12,13)6-1-2-16(5-6)8-14-3-7(4-15-8)10(17)18;5-4-7-2-1-3(6)8-4/h1,3,5-6,9H,2,4,7H2,(H2,17,18,21);3-4,6,17-18H,1-2,5H2;1-2H,(H2,6,7,8). The minimum absolute atomic E-state index is 0.0250. The summed E-state index contributed by atoms with van der Waals surface area (Å²) in [6.07, 6.45) is 0.0762. The Labute approximate surface area is 274 Å². The lowest BCUT2D eigenvalue weighted by atomic mass is 9.83. The Bertz CT molecular complexity index is 1610. The molecule has 2 fully saturated rings. The number of nitrogens with two attached hydrogens (primary N) is 2. The van der Waals surface area contributed by atoms with E-state index >= 15 is 0 Å². The van der Waals surface area contributed by atoms with Crippen molar-refractivity contribution in [3.63, 3.8) is 0 Å². The van der Waals surface area contributed by atoms with Gasteiger partial charge in [0.25, 0.3) is 0 Å². The number of alkyl halides is 6. The van der Waals surface area contributed by atoms with Crippen molar-refractivity contribution >= 4 is 47.7 Å². The van der Waals surface area contributed by atoms with E-state index < -0.39 is 31.3 Å². The van der Waals surface area contributed by atoms with E-state index in [9.17, 15) is 26.3 Å². The van der Waals surface area contributed by atoms with E-state index in [1.54, 1.807) is 12.1 Å². The maximum absolute atomic E-state index is 12.7. The van der Waals surface area contributed by atoms with Gasteiger partial charge in [-0.15, -0.1) is 0 Å². The van der Waals surface area contributed by atoms with Crippen LogP contribution in [0.4, 0.5) is 49.9 Å². The molecule has 256 valence electrons. The molecule has 2 saturated heterocycles. The molecule has 2 aliphatic rings. The van der Waals surface area contributed by atoms with Crippen LogP contribution in [0, 0.1) is 11.8 Å². The second-order valence-electron chi connectivity index (χ2n) is 10.5. The SMILES string of the molecule is Nc1ccnc(-c2cnc(N3CCC(C(F)(F)F)C3)nc2)n1.Nc1ccnc(Cl)n1.OB(O)c1cnc(N2CCC(C(F)(F)F)C2)nc1. The average Bonchev–Trinajstić information content (AvgIpc) is 3.73. The molecule has 4 aromatic heterocycles. The maximum atomic E-state index is 12.7. The van der Waals surface area contributed by atoms with E-state index in [0.29, 0.717) is 23.0 Å². The van der Waals surface area contributed by atoms with Crippen molar-refractivity contribution in [3.8, 4) is 11.4 Å². The zero-order valence-electron chi connectivity index (χ0n) is 24.8. The highest BCUT2D eigenvalue weighted by atomic mass is 35.5. The summed E-state index contributed by atoms with van der Waals surface area (Å²) in [7, 11) is -1.68. The fourth-order valence-corrected chi connectivity index (χ4v) is 4.66. The molecule has 6 rings (SSSR count). The number of hydrogen-bond donors (Lipinski definition) is 4. The van der Waals surface area contributed by atoms with Gasteiger partial charge in [-0.05, 0) is 36.6 Å². The lowest BCUT2D eigenvalue weighted by Gasteiger charge is -2.17. The smallest absolute Gasteiger partial charge is 0.423 e. The first-order valence-corrected chi connectivity index (χ1v) is 14.4. The van der Waals surface area contributed by atoms with Crippen molar-refractivity contribution in [3.05, 3.63) is 54.6 Å². The number of rotatable bonds is 4. The van der Waals surface area contributed by atoms with Crippen molar-refractivity contribution in [2.75, 3.05) is 47.4 Å². The highest BCUT2D eigenvalue weighted by Gasteiger charge is 2.45. The third-order valence-corrected chi connectivity index (χ3v) is 7.23. The summed E-state index contributed by atoms with van der Waals surface area (Å²) < 4.78 is 75.5. The molecule has 48 heavy (non-hydrogen) atoms. The molecule has 0 amide bonds. The van der Waals surface area contributed by atoms with Crippen LogP contribution in [0.1, 0.15) is 12.8 Å². The molecule has 4 aromatic rings. The molecule has 0 radical (unpaired) electrons. The minimum atomic E-state index is -4.20. The van der Waals surface area contributed by atoms with Gasteiger partial charge in [0.1, 0.15) is 11.6 Å². The van der Waals surface area contributed by atoms with E-state index in [1.807, 2.05) is 0 Å². The molecule has 0 spiro atoms. The van der Waals surface area contributed by atoms with Crippen LogP contribution in [0.5, 0.6) is 0 Å². The van der Waals surface area contributed by atoms with Crippen molar-refractivity contribution < 1.29 is 36.4 Å². The van der Waals surface area contributed by atoms with Gasteiger partial charge >= 0.3 is 19.5 Å². The second kappa shape index (κ2) is 15.5. The normalized spacial score (nSPS) is 17.7. The van der Waals surface area contributed by atoms with Crippen LogP contribution in [0.3, 0.4) is 0 Å². The third-order valence-electron chi connectivity index (χ3n) is 7.05. The Kier molecular flexibility index (Phi) is 11.7. The van der Waals surface area contributed by atoms with E-state index in [4.69, 9.17) is 33.1 Å². The zero-order chi connectivity index (χ0) is 35.1. The Morgan fingerprint density at radius 3 is 1.54 bits per heavy atom. The van der Waals surface area contributed by atoms with Gasteiger partial charge in [-0.3, -0.25) is 0 Å². The Balaban J connectivity index is 0.000000179. The van der Waals surface area contributed by atoms with Crippen LogP contribution < -0.4 is 26.7 Å². The summed E-state index contributed by atoms with van der Waals surface area (Å²) in [4.78, 5) is 34.1. The number of nitrogens with zero attached hydrogens (tertiary/aromatic N) is 10. The van der Waals surface area contributed by atoms with Gasteiger partial charge in [-0.25, -0.2) is 39.9 Å². The Morgan fingerprint density at radius 1 is 0.708 bits per heavy atom. The molecule has 6 N–H and O–H groups in total. The summed E-state index contributed by atoms with van der Waals surface area (Å²) in [6.45, 7) is 0.256. The van der Waals surface area contributed by atoms with Gasteiger partial charge < -0.3 is 31.3 Å². The third kappa shape index (κ3) is 10.2. The van der Waals surface area contributed by atoms with E-state index in [0.717, 1.165) is 0 Å². The predicted octanol–water partition coefficient (Wildman–Crippen LogP) is 2.16. The summed E-state index contributed by atoms with van der Waals surface area (Å²) >= 11 is 5.34. The van der Waals surface area contributed by atoms with E-state index in [1.165, 1.54) is 47.0 Å². The lowest BCUT2D eigenvalue weighted by Crippen LogP contribution is -2.32. The topological polar surface area (TPSA) is 202 Å². The number of halogens is 7. The van der Waals surface area contributed by atoms with Gasteiger partial charge in [0.15, 0.2) is 5.82 Å². The van der Waals surface area contributed by atoms with Gasteiger partial charge in [-0.2, -0.15) is 26.3 Å². The number of nitrogen functional groups attached to an aromatic ring is 2. The molecule has 22 heteroatoms. The average molecular weight is 701 g/mol. The molecule has 6 heterocycles. The van der Waals surface area contributed by atoms with Crippen LogP contribution >= 0.6 is 11.6 Å². The molecule has 2 aliphatic heterocycles. The molecule has 0 aliphatic carbocycles. The maximum Gasteiger partial charge on any atom is 0.491 e. The largest absolute Gasteiger partial charge is 0.491 e. The van der Waals surface area contributed by atoms with Crippen LogP contribution in [0.15, 0.2) is 49.3 Å². The van der Waals surface area contributed by atoms with Gasteiger partial charge in [0.05, 0.1) is 17.4 Å². The van der Waals surface area contributed by atoms with Crippen molar-refractivity contribution in [1.29, 1.82) is 0 Å². The summed E-state index contributed by atoms with van der Waals surface area (Å²) in [5, 5.41) is 17.9. The van der Waals surface area contributed by atoms with Crippen molar-refractivity contribution in [1.82, 2.24) is 39.9 Å². The predicted molar refractivity (Wildman–Crippen MR) is 164 cm³/mol. The minimum Gasteiger partial charge on any atom is -0.423 e. The van der Waals surface area contributed by atoms with Gasteiger partial charge in [0, 0.05) is 68.8 Å². The van der Waals surface area contributed by atoms with Crippen LogP contribution in [-0.4, -0.2) is 95.6 Å². The Morgan fingerprint density at radius 2 is 1.17 bits per heavy atom. The number of anilines is 4. The zero-order valence-corrected chi connectivity index (χ0v) is 25.5. The molecule has 14 nitrogen and oxygen atoms in total. The quantitative estimate of drug-likeness (QED) is 0.137. The fraction of sp³-hybridized carbons (Fsp3) is 0.385. The van der Waals surface area contributed by atoms with Gasteiger partial charge in [-0.1, -0.05) is 0 Å². The molecule has 2 atom stereocenters. The number of hydrogen-bond acceptors (Lipinski definition) is 14. The first-order valence-electron chi connectivity index (χ1n) is 14.1. The molecule has 0 bridgehead atoms. The van der Waals surface area contributed by atoms with Crippen LogP contribution in [-0.2, 0) is 0 Å². The van der Waals surface area contributed by atoms with Crippen LogP contribution in [0.25, 0.3) is 11.4 Å². The van der Waals surface area contributed by atoms with Gasteiger partial charge in [0.2, 0.25) is 17.2 Å². The number of aromatic nitrogens is 8. The Hall–Kier alpha value is -4.63. The molecular weight excluding hydrogens is 673 g/mol. The molecule has 0 aromatic carbocycles. The summed E-state index contributed by atoms with van der Waals surface area (Å²) in [5.74, 6) is -1.14. The van der Waals surface area contributed by atoms with E-state index in [-0.39, 0.29) is 61.7 Å². The fourth-order valence-electron chi connectivity index (χ4n) is 4.51. The van der Waals surface area contributed by atoms with Crippen molar-refractivity contribution in [2.45, 2.75) is 25.2 Å². The first-order chi connectivity index (χ1) is 22.6. The highest BCUT2D eigenvalue weighted by Crippen LogP contribution is 2.35. The molecule has 2 unspecified atom stereocenters. The summed E-state index contributed by atoms with van der Waals surface area (Å²) in [5.41, 5.74) is 11.5. The second-order valence-corrected chi connectivity index (χ2v) is 10.8. The lowest BCUT2D eigenvalue weighted by molar-refractivity contribution is -0.168. The van der Waals surface area contributed by atoms with Crippen molar-refractivity contribution in [2.24, 2.45) is 11.8 Å². The monoisotopic (exact) mass is 700 g/mol. The summed E-state index contributed by atoms with van der Waals surface area (Å²) in [6, 6.07) is 3.13. The van der Waals surface area contributed by atoms with Crippen LogP contribution in [0.2, 0.25) is 5.28 Å². The highest BCUT2D eigenvalue weighted by molar-refractivity contribution is 6.58.